The predicted molar refractivity (Wildman–Crippen MR) is 57.5 cm³/mol. The van der Waals surface area contributed by atoms with Crippen molar-refractivity contribution in [1.29, 1.82) is 5.26 Å². The largest absolute Gasteiger partial charge is 0.394 e. The average molecular weight is 253 g/mol. The van der Waals surface area contributed by atoms with Crippen molar-refractivity contribution in [2.24, 2.45) is 0 Å². The molecule has 2 rings (SSSR count). The Morgan fingerprint density at radius 1 is 1.67 bits per heavy atom. The summed E-state index contributed by atoms with van der Waals surface area (Å²) in [6.07, 6.45) is -1.05. The molecule has 18 heavy (non-hydrogen) atoms. The van der Waals surface area contributed by atoms with E-state index in [1.807, 2.05) is 4.98 Å². The molecule has 96 valence electrons. The predicted octanol–water partition coefficient (Wildman–Crippen LogP) is -2.14. The molecule has 0 radical (unpaired) electrons. The Morgan fingerprint density at radius 2 is 2.39 bits per heavy atom. The van der Waals surface area contributed by atoms with Gasteiger partial charge in [-0.15, -0.1) is 0 Å². The van der Waals surface area contributed by atoms with Crippen molar-refractivity contribution in [2.75, 3.05) is 6.61 Å². The third-order valence-electron chi connectivity index (χ3n) is 2.83. The molecule has 1 saturated heterocycles. The van der Waals surface area contributed by atoms with E-state index in [0.29, 0.717) is 0 Å². The summed E-state index contributed by atoms with van der Waals surface area (Å²) in [7, 11) is 0. The van der Waals surface area contributed by atoms with Gasteiger partial charge >= 0.3 is 5.69 Å². The van der Waals surface area contributed by atoms with Gasteiger partial charge in [-0.2, -0.15) is 5.26 Å². The lowest BCUT2D eigenvalue weighted by Crippen LogP contribution is -2.43. The number of nitrogens with zero attached hydrogens (tertiary/aromatic N) is 2. The van der Waals surface area contributed by atoms with Gasteiger partial charge in [0.15, 0.2) is 0 Å². The minimum atomic E-state index is -1.71. The van der Waals surface area contributed by atoms with Crippen molar-refractivity contribution in [3.63, 3.8) is 0 Å². The normalized spacial score (nSPS) is 31.2. The Hall–Kier alpha value is -1.95. The van der Waals surface area contributed by atoms with Gasteiger partial charge in [0.2, 0.25) is 5.72 Å². The highest BCUT2D eigenvalue weighted by Crippen LogP contribution is 2.33. The Morgan fingerprint density at radius 3 is 2.89 bits per heavy atom. The van der Waals surface area contributed by atoms with Crippen LogP contribution in [0.25, 0.3) is 0 Å². The smallest absolute Gasteiger partial charge is 0.331 e. The number of aliphatic hydroxyl groups is 2. The first-order valence-corrected chi connectivity index (χ1v) is 5.23. The quantitative estimate of drug-likeness (QED) is 0.551. The number of hydrogen-bond donors (Lipinski definition) is 3. The highest BCUT2D eigenvalue weighted by atomic mass is 16.6. The fourth-order valence-corrected chi connectivity index (χ4v) is 1.93. The van der Waals surface area contributed by atoms with Crippen LogP contribution in [0.3, 0.4) is 0 Å². The third-order valence-corrected chi connectivity index (χ3v) is 2.83. The summed E-state index contributed by atoms with van der Waals surface area (Å²) < 4.78 is 6.14. The first-order valence-electron chi connectivity index (χ1n) is 5.23. The Bertz CT molecular complexity index is 601. The highest BCUT2D eigenvalue weighted by molar-refractivity contribution is 5.07. The van der Waals surface area contributed by atoms with E-state index < -0.39 is 35.8 Å². The molecule has 8 heteroatoms. The number of ether oxygens (including phenoxy) is 1. The molecular formula is C10H11N3O5. The molecule has 1 aliphatic rings. The first-order chi connectivity index (χ1) is 8.52. The molecule has 2 heterocycles. The molecule has 0 aliphatic carbocycles. The maximum absolute atomic E-state index is 11.6. The Labute approximate surface area is 101 Å². The van der Waals surface area contributed by atoms with Crippen LogP contribution in [0.1, 0.15) is 6.42 Å². The van der Waals surface area contributed by atoms with E-state index in [1.54, 1.807) is 6.07 Å². The van der Waals surface area contributed by atoms with Crippen LogP contribution in [-0.4, -0.2) is 38.6 Å². The van der Waals surface area contributed by atoms with Gasteiger partial charge in [-0.1, -0.05) is 0 Å². The van der Waals surface area contributed by atoms with Crippen LogP contribution in [-0.2, 0) is 10.5 Å². The van der Waals surface area contributed by atoms with Crippen LogP contribution < -0.4 is 11.2 Å². The summed E-state index contributed by atoms with van der Waals surface area (Å²) >= 11 is 0. The second-order valence-corrected chi connectivity index (χ2v) is 3.99. The number of nitrogens with one attached hydrogen (secondary N) is 1. The number of H-pyrrole nitrogens is 1. The number of rotatable bonds is 2. The lowest BCUT2D eigenvalue weighted by atomic mass is 10.1. The number of nitriles is 1. The standard InChI is InChI=1S/C10H11N3O5/c11-5-10(3-6(15)7(4-14)18-10)13-2-1-8(16)12-9(13)17/h1-2,6-7,14-15H,3-4H2,(H,12,16,17)/t6?,7-,10+/m0/s1. The van der Waals surface area contributed by atoms with Crippen molar-refractivity contribution in [2.45, 2.75) is 24.4 Å². The lowest BCUT2D eigenvalue weighted by molar-refractivity contribution is -0.0847. The van der Waals surface area contributed by atoms with Gasteiger partial charge in [-0.3, -0.25) is 14.3 Å². The van der Waals surface area contributed by atoms with Crippen molar-refractivity contribution in [3.05, 3.63) is 33.1 Å². The van der Waals surface area contributed by atoms with Crippen LogP contribution in [0.2, 0.25) is 0 Å². The Balaban J connectivity index is 2.50. The van der Waals surface area contributed by atoms with E-state index in [2.05, 4.69) is 0 Å². The molecular weight excluding hydrogens is 242 g/mol. The summed E-state index contributed by atoms with van der Waals surface area (Å²) in [5, 5.41) is 27.8. The van der Waals surface area contributed by atoms with E-state index in [9.17, 15) is 20.0 Å². The summed E-state index contributed by atoms with van der Waals surface area (Å²) in [4.78, 5) is 24.6. The van der Waals surface area contributed by atoms with E-state index in [4.69, 9.17) is 9.84 Å². The van der Waals surface area contributed by atoms with E-state index in [0.717, 1.165) is 16.8 Å². The second kappa shape index (κ2) is 4.38. The number of aliphatic hydroxyl groups excluding tert-OH is 2. The number of aromatic nitrogens is 2. The number of hydrogen-bond acceptors (Lipinski definition) is 6. The minimum Gasteiger partial charge on any atom is -0.394 e. The third kappa shape index (κ3) is 1.84. The van der Waals surface area contributed by atoms with Crippen LogP contribution in [0, 0.1) is 11.3 Å². The molecule has 0 bridgehead atoms. The van der Waals surface area contributed by atoms with Crippen LogP contribution in [0.4, 0.5) is 0 Å². The van der Waals surface area contributed by atoms with Gasteiger partial charge in [-0.05, 0) is 0 Å². The fraction of sp³-hybridized carbons (Fsp3) is 0.500. The molecule has 1 unspecified atom stereocenters. The zero-order valence-electron chi connectivity index (χ0n) is 9.24. The summed E-state index contributed by atoms with van der Waals surface area (Å²) in [6.45, 7) is -0.470. The second-order valence-electron chi connectivity index (χ2n) is 3.99. The number of aromatic amines is 1. The fourth-order valence-electron chi connectivity index (χ4n) is 1.93. The van der Waals surface area contributed by atoms with E-state index >= 15 is 0 Å². The molecule has 0 aromatic carbocycles. The van der Waals surface area contributed by atoms with Crippen molar-refractivity contribution in [3.8, 4) is 6.07 Å². The highest BCUT2D eigenvalue weighted by Gasteiger charge is 2.48. The van der Waals surface area contributed by atoms with Gasteiger partial charge in [0.1, 0.15) is 12.2 Å². The summed E-state index contributed by atoms with van der Waals surface area (Å²) in [5.74, 6) is 0. The van der Waals surface area contributed by atoms with Gasteiger partial charge in [-0.25, -0.2) is 4.79 Å². The van der Waals surface area contributed by atoms with Crippen LogP contribution >= 0.6 is 0 Å². The molecule has 0 spiro atoms. The summed E-state index contributed by atoms with van der Waals surface area (Å²) in [5.41, 5.74) is -3.12. The molecule has 1 aromatic rings. The molecule has 3 N–H and O–H groups in total. The molecule has 1 aromatic heterocycles. The molecule has 1 aliphatic heterocycles. The van der Waals surface area contributed by atoms with Gasteiger partial charge in [0.25, 0.3) is 5.56 Å². The minimum absolute atomic E-state index is 0.166. The van der Waals surface area contributed by atoms with E-state index in [1.165, 1.54) is 0 Å². The van der Waals surface area contributed by atoms with Crippen LogP contribution in [0.5, 0.6) is 0 Å². The molecule has 0 amide bonds. The first kappa shape index (κ1) is 12.5. The van der Waals surface area contributed by atoms with Gasteiger partial charge in [0.05, 0.1) is 12.7 Å². The molecule has 0 saturated carbocycles. The Kier molecular flexibility index (Phi) is 3.04. The van der Waals surface area contributed by atoms with Gasteiger partial charge < -0.3 is 14.9 Å². The average Bonchev–Trinajstić information content (AvgIpc) is 2.67. The zero-order valence-corrected chi connectivity index (χ0v) is 9.24. The van der Waals surface area contributed by atoms with Crippen molar-refractivity contribution >= 4 is 0 Å². The molecule has 1 fully saturated rings. The van der Waals surface area contributed by atoms with E-state index in [-0.39, 0.29) is 6.42 Å². The topological polar surface area (TPSA) is 128 Å². The maximum atomic E-state index is 11.6. The van der Waals surface area contributed by atoms with Crippen LogP contribution in [0.15, 0.2) is 21.9 Å². The SMILES string of the molecule is N#C[C@@]1(n2ccc(=O)[nH]c2=O)CC(O)[C@H](CO)O1. The monoisotopic (exact) mass is 253 g/mol. The molecule has 3 atom stereocenters. The lowest BCUT2D eigenvalue weighted by Gasteiger charge is -2.22. The van der Waals surface area contributed by atoms with Crippen molar-refractivity contribution < 1.29 is 14.9 Å². The summed E-state index contributed by atoms with van der Waals surface area (Å²) in [6, 6.07) is 2.87. The zero-order chi connectivity index (χ0) is 13.3. The van der Waals surface area contributed by atoms with Gasteiger partial charge in [0, 0.05) is 18.7 Å². The molecule has 8 nitrogen and oxygen atoms in total. The maximum Gasteiger partial charge on any atom is 0.331 e. The van der Waals surface area contributed by atoms with Crippen molar-refractivity contribution in [1.82, 2.24) is 9.55 Å².